The smallest absolute Gasteiger partial charge is 0.185 e. The Balaban J connectivity index is 1.65. The number of hydrogen-bond donors (Lipinski definition) is 0. The van der Waals surface area contributed by atoms with Crippen molar-refractivity contribution in [2.45, 2.75) is 32.3 Å². The van der Waals surface area contributed by atoms with Gasteiger partial charge in [-0.1, -0.05) is 64.5 Å². The fraction of sp³-hybridized carbons (Fsp3) is 0.227. The van der Waals surface area contributed by atoms with Gasteiger partial charge >= 0.3 is 0 Å². The van der Waals surface area contributed by atoms with Gasteiger partial charge in [-0.25, -0.2) is 0 Å². The molecule has 0 saturated carbocycles. The van der Waals surface area contributed by atoms with Gasteiger partial charge in [0.2, 0.25) is 0 Å². The number of rotatable bonds is 6. The molecule has 0 aliphatic heterocycles. The highest BCUT2D eigenvalue weighted by atomic mass is 79.9. The van der Waals surface area contributed by atoms with Gasteiger partial charge in [-0.15, -0.1) is 0 Å². The molecule has 0 spiro atoms. The quantitative estimate of drug-likeness (QED) is 0.427. The van der Waals surface area contributed by atoms with Crippen LogP contribution in [0.15, 0.2) is 76.8 Å². The SMILES string of the molecule is O=C(C=CC1=C(Br)CCCC1)c1cccc(OCc2ccccc2)c1. The van der Waals surface area contributed by atoms with E-state index in [2.05, 4.69) is 15.9 Å². The summed E-state index contributed by atoms with van der Waals surface area (Å²) in [5.41, 5.74) is 2.98. The van der Waals surface area contributed by atoms with Gasteiger partial charge in [0.05, 0.1) is 0 Å². The van der Waals surface area contributed by atoms with Gasteiger partial charge < -0.3 is 4.74 Å². The third-order valence-corrected chi connectivity index (χ3v) is 5.15. The molecular weight excluding hydrogens is 376 g/mol. The summed E-state index contributed by atoms with van der Waals surface area (Å²) < 4.78 is 7.03. The van der Waals surface area contributed by atoms with E-state index in [0.717, 1.165) is 18.4 Å². The largest absolute Gasteiger partial charge is 0.489 e. The van der Waals surface area contributed by atoms with Gasteiger partial charge in [0.1, 0.15) is 12.4 Å². The average molecular weight is 397 g/mol. The molecule has 2 nitrogen and oxygen atoms in total. The second-order valence-corrected chi connectivity index (χ2v) is 7.09. The van der Waals surface area contributed by atoms with Crippen LogP contribution in [0.2, 0.25) is 0 Å². The van der Waals surface area contributed by atoms with E-state index in [1.807, 2.05) is 54.6 Å². The first-order valence-electron chi connectivity index (χ1n) is 8.59. The monoisotopic (exact) mass is 396 g/mol. The maximum absolute atomic E-state index is 12.4. The van der Waals surface area contributed by atoms with Crippen LogP contribution in [0.3, 0.4) is 0 Å². The zero-order valence-corrected chi connectivity index (χ0v) is 15.7. The van der Waals surface area contributed by atoms with Crippen LogP contribution in [-0.2, 0) is 6.61 Å². The Morgan fingerprint density at radius 3 is 2.64 bits per heavy atom. The topological polar surface area (TPSA) is 26.3 Å². The number of hydrogen-bond acceptors (Lipinski definition) is 2. The number of carbonyl (C=O) groups excluding carboxylic acids is 1. The molecule has 128 valence electrons. The first-order chi connectivity index (χ1) is 12.2. The second kappa shape index (κ2) is 8.82. The van der Waals surface area contributed by atoms with Crippen LogP contribution in [0.25, 0.3) is 0 Å². The summed E-state index contributed by atoms with van der Waals surface area (Å²) >= 11 is 3.61. The average Bonchev–Trinajstić information content (AvgIpc) is 2.66. The van der Waals surface area contributed by atoms with Gasteiger partial charge in [-0.05, 0) is 59.5 Å². The van der Waals surface area contributed by atoms with E-state index in [1.165, 1.54) is 22.9 Å². The van der Waals surface area contributed by atoms with Crippen molar-refractivity contribution in [1.82, 2.24) is 0 Å². The first kappa shape index (κ1) is 17.7. The molecule has 0 N–H and O–H groups in total. The summed E-state index contributed by atoms with van der Waals surface area (Å²) in [7, 11) is 0. The van der Waals surface area contributed by atoms with Crippen molar-refractivity contribution in [1.29, 1.82) is 0 Å². The first-order valence-corrected chi connectivity index (χ1v) is 9.38. The third kappa shape index (κ3) is 5.17. The van der Waals surface area contributed by atoms with Crippen LogP contribution in [0.5, 0.6) is 5.75 Å². The fourth-order valence-corrected chi connectivity index (χ4v) is 3.43. The molecule has 0 fully saturated rings. The summed E-state index contributed by atoms with van der Waals surface area (Å²) in [6.07, 6.45) is 8.11. The Bertz CT molecular complexity index is 791. The normalized spacial score (nSPS) is 14.8. The minimum absolute atomic E-state index is 0.00327. The number of allylic oxidation sites excluding steroid dienone is 4. The number of halogens is 1. The van der Waals surface area contributed by atoms with Crippen LogP contribution in [0.1, 0.15) is 41.6 Å². The molecule has 3 rings (SSSR count). The molecule has 0 amide bonds. The molecule has 0 aromatic heterocycles. The molecule has 0 bridgehead atoms. The molecule has 0 saturated heterocycles. The van der Waals surface area contributed by atoms with Gasteiger partial charge in [-0.3, -0.25) is 4.79 Å². The van der Waals surface area contributed by atoms with Crippen LogP contribution < -0.4 is 4.74 Å². The number of benzene rings is 2. The summed E-state index contributed by atoms with van der Waals surface area (Å²) in [6, 6.07) is 17.4. The number of carbonyl (C=O) groups is 1. The predicted molar refractivity (Wildman–Crippen MR) is 105 cm³/mol. The van der Waals surface area contributed by atoms with Crippen molar-refractivity contribution in [3.05, 3.63) is 87.9 Å². The van der Waals surface area contributed by atoms with E-state index < -0.39 is 0 Å². The molecule has 0 unspecified atom stereocenters. The minimum atomic E-state index is 0.00327. The van der Waals surface area contributed by atoms with Crippen molar-refractivity contribution >= 4 is 21.7 Å². The molecule has 0 heterocycles. The lowest BCUT2D eigenvalue weighted by Crippen LogP contribution is -1.99. The lowest BCUT2D eigenvalue weighted by molar-refractivity contribution is 0.104. The summed E-state index contributed by atoms with van der Waals surface area (Å²) in [6.45, 7) is 0.494. The maximum atomic E-state index is 12.4. The lowest BCUT2D eigenvalue weighted by atomic mass is 9.98. The Morgan fingerprint density at radius 1 is 1.04 bits per heavy atom. The summed E-state index contributed by atoms with van der Waals surface area (Å²) in [5, 5.41) is 0. The van der Waals surface area contributed by atoms with Crippen LogP contribution >= 0.6 is 15.9 Å². The van der Waals surface area contributed by atoms with Gasteiger partial charge in [0, 0.05) is 5.56 Å². The van der Waals surface area contributed by atoms with Crippen molar-refractivity contribution in [2.75, 3.05) is 0 Å². The number of ketones is 1. The van der Waals surface area contributed by atoms with Crippen molar-refractivity contribution in [3.63, 3.8) is 0 Å². The van der Waals surface area contributed by atoms with Crippen LogP contribution in [0, 0.1) is 0 Å². The van der Waals surface area contributed by atoms with Gasteiger partial charge in [0.15, 0.2) is 5.78 Å². The standard InChI is InChI=1S/C22H21BrO2/c23-21-12-5-4-9-18(21)13-14-22(24)19-10-6-11-20(15-19)25-16-17-7-2-1-3-8-17/h1-3,6-8,10-11,13-15H,4-5,9,12,16H2. The fourth-order valence-electron chi connectivity index (χ4n) is 2.82. The maximum Gasteiger partial charge on any atom is 0.185 e. The van der Waals surface area contributed by atoms with E-state index in [1.54, 1.807) is 12.1 Å². The Hall–Kier alpha value is -2.13. The van der Waals surface area contributed by atoms with E-state index in [9.17, 15) is 4.79 Å². The van der Waals surface area contributed by atoms with E-state index in [0.29, 0.717) is 17.9 Å². The van der Waals surface area contributed by atoms with Crippen LogP contribution in [-0.4, -0.2) is 5.78 Å². The molecule has 0 atom stereocenters. The van der Waals surface area contributed by atoms with Crippen molar-refractivity contribution in [2.24, 2.45) is 0 Å². The van der Waals surface area contributed by atoms with Crippen molar-refractivity contribution in [3.8, 4) is 5.75 Å². The Kier molecular flexibility index (Phi) is 6.24. The van der Waals surface area contributed by atoms with Crippen molar-refractivity contribution < 1.29 is 9.53 Å². The minimum Gasteiger partial charge on any atom is -0.489 e. The molecule has 2 aromatic carbocycles. The predicted octanol–water partition coefficient (Wildman–Crippen LogP) is 6.23. The molecule has 2 aromatic rings. The Morgan fingerprint density at radius 2 is 1.84 bits per heavy atom. The molecule has 1 aliphatic carbocycles. The Labute approximate surface area is 157 Å². The third-order valence-electron chi connectivity index (χ3n) is 4.24. The molecule has 1 aliphatic rings. The van der Waals surface area contributed by atoms with Gasteiger partial charge in [0.25, 0.3) is 0 Å². The van der Waals surface area contributed by atoms with E-state index >= 15 is 0 Å². The van der Waals surface area contributed by atoms with Crippen LogP contribution in [0.4, 0.5) is 0 Å². The molecule has 25 heavy (non-hydrogen) atoms. The molecular formula is C22H21BrO2. The molecule has 3 heteroatoms. The zero-order valence-electron chi connectivity index (χ0n) is 14.1. The highest BCUT2D eigenvalue weighted by Crippen LogP contribution is 2.29. The van der Waals surface area contributed by atoms with Gasteiger partial charge in [-0.2, -0.15) is 0 Å². The highest BCUT2D eigenvalue weighted by Gasteiger charge is 2.09. The summed E-state index contributed by atoms with van der Waals surface area (Å²) in [5.74, 6) is 0.713. The molecule has 0 radical (unpaired) electrons. The van der Waals surface area contributed by atoms with E-state index in [4.69, 9.17) is 4.74 Å². The highest BCUT2D eigenvalue weighted by molar-refractivity contribution is 9.11. The summed E-state index contributed by atoms with van der Waals surface area (Å²) in [4.78, 5) is 12.4. The zero-order chi connectivity index (χ0) is 17.5. The second-order valence-electron chi connectivity index (χ2n) is 6.14. The number of ether oxygens (including phenoxy) is 1. The lowest BCUT2D eigenvalue weighted by Gasteiger charge is -2.12. The van der Waals surface area contributed by atoms with E-state index in [-0.39, 0.29) is 5.78 Å².